The predicted molar refractivity (Wildman–Crippen MR) is 104 cm³/mol. The molecule has 0 saturated heterocycles. The van der Waals surface area contributed by atoms with Crippen LogP contribution in [0.5, 0.6) is 0 Å². The second-order valence-electron chi connectivity index (χ2n) is 6.27. The van der Waals surface area contributed by atoms with Crippen molar-refractivity contribution in [2.24, 2.45) is 5.41 Å². The van der Waals surface area contributed by atoms with Crippen LogP contribution in [0.1, 0.15) is 37.0 Å². The zero-order valence-electron chi connectivity index (χ0n) is 18.6. The van der Waals surface area contributed by atoms with E-state index in [0.29, 0.717) is 0 Å². The van der Waals surface area contributed by atoms with E-state index >= 15 is 0 Å². The first-order valence-electron chi connectivity index (χ1n) is 8.05. The molecule has 0 spiro atoms. The Morgan fingerprint density at radius 1 is 1.04 bits per heavy atom. The summed E-state index contributed by atoms with van der Waals surface area (Å²) in [5.41, 5.74) is -1.35. The van der Waals surface area contributed by atoms with Gasteiger partial charge in [-0.1, -0.05) is 20.1 Å². The van der Waals surface area contributed by atoms with Crippen molar-refractivity contribution >= 4 is 51.1 Å². The van der Waals surface area contributed by atoms with Crippen molar-refractivity contribution in [2.75, 3.05) is 19.8 Å². The summed E-state index contributed by atoms with van der Waals surface area (Å²) in [6, 6.07) is 0. The van der Waals surface area contributed by atoms with Gasteiger partial charge in [-0.05, 0) is 27.2 Å². The first kappa shape index (κ1) is 28.8. The first-order valence-corrected chi connectivity index (χ1v) is 9.56. The van der Waals surface area contributed by atoms with Crippen molar-refractivity contribution in [3.63, 3.8) is 0 Å². The van der Waals surface area contributed by atoms with Gasteiger partial charge in [-0.3, -0.25) is 9.35 Å². The largest absolute Gasteiger partial charge is 2.00 e. The molecule has 0 amide bonds. The van der Waals surface area contributed by atoms with Crippen LogP contribution in [0.3, 0.4) is 0 Å². The van der Waals surface area contributed by atoms with Crippen LogP contribution >= 0.6 is 0 Å². The Hall–Kier alpha value is -1.43. The van der Waals surface area contributed by atoms with E-state index in [2.05, 4.69) is 13.2 Å². The zero-order valence-corrected chi connectivity index (χ0v) is 18.9. The number of esters is 3. The summed E-state index contributed by atoms with van der Waals surface area (Å²) < 4.78 is 46.1. The monoisotopic (exact) mass is 432 g/mol. The minimum absolute atomic E-state index is 0. The van der Waals surface area contributed by atoms with Gasteiger partial charge < -0.3 is 17.1 Å². The van der Waals surface area contributed by atoms with Crippen LogP contribution in [-0.2, 0) is 38.7 Å². The summed E-state index contributed by atoms with van der Waals surface area (Å²) in [4.78, 5) is 35.9. The van der Waals surface area contributed by atoms with Crippen molar-refractivity contribution in [3.8, 4) is 0 Å². The Labute approximate surface area is 184 Å². The summed E-state index contributed by atoms with van der Waals surface area (Å²) >= 11 is 0. The molecule has 11 heteroatoms. The normalized spacial score (nSPS) is 12.2. The molecule has 0 saturated carbocycles. The maximum atomic E-state index is 12.6. The third-order valence-electron chi connectivity index (χ3n) is 3.72. The van der Waals surface area contributed by atoms with Crippen LogP contribution in [0.4, 0.5) is 0 Å². The topological polar surface area (TPSA) is 133 Å². The molecule has 0 aliphatic heterocycles. The van der Waals surface area contributed by atoms with E-state index in [1.165, 1.54) is 13.8 Å². The number of hydrogen-bond donors (Lipinski definition) is 1. The van der Waals surface area contributed by atoms with Gasteiger partial charge in [0.05, 0.1) is 0 Å². The van der Waals surface area contributed by atoms with Gasteiger partial charge in [0, 0.05) is 11.1 Å². The molecule has 1 unspecified atom stereocenters. The zero-order chi connectivity index (χ0) is 21.4. The van der Waals surface area contributed by atoms with Gasteiger partial charge >= 0.3 is 41.0 Å². The average molecular weight is 433 g/mol. The van der Waals surface area contributed by atoms with Gasteiger partial charge in [-0.2, -0.15) is 8.42 Å². The second kappa shape index (κ2) is 12.2. The van der Waals surface area contributed by atoms with Crippen molar-refractivity contribution in [2.45, 2.75) is 39.4 Å². The molecule has 0 aliphatic carbocycles. The van der Waals surface area contributed by atoms with E-state index in [0.717, 1.165) is 6.92 Å². The van der Waals surface area contributed by atoms with Gasteiger partial charge in [-0.25, -0.2) is 9.59 Å². The Kier molecular flexibility index (Phi) is 12.5. The minimum Gasteiger partial charge on any atom is -1.00 e. The summed E-state index contributed by atoms with van der Waals surface area (Å²) in [7, 11) is -4.40. The van der Waals surface area contributed by atoms with Crippen LogP contribution in [0.25, 0.3) is 0 Å². The molecule has 0 aromatic rings. The van der Waals surface area contributed by atoms with Crippen LogP contribution in [0, 0.1) is 5.41 Å². The number of ether oxygens (including phenoxy) is 3. The quantitative estimate of drug-likeness (QED) is 0.168. The van der Waals surface area contributed by atoms with E-state index in [1.54, 1.807) is 6.92 Å². The summed E-state index contributed by atoms with van der Waals surface area (Å²) in [6.45, 7) is 10.9. The van der Waals surface area contributed by atoms with Gasteiger partial charge in [0.1, 0.15) is 30.5 Å². The van der Waals surface area contributed by atoms with Crippen LogP contribution in [0.2, 0.25) is 0 Å². The van der Waals surface area contributed by atoms with E-state index in [-0.39, 0.29) is 43.5 Å². The third-order valence-corrected chi connectivity index (χ3v) is 4.88. The smallest absolute Gasteiger partial charge is 1.00 e. The predicted octanol–water partition coefficient (Wildman–Crippen LogP) is 1.29. The number of rotatable bonds is 11. The molecule has 0 rings (SSSR count). The van der Waals surface area contributed by atoms with Gasteiger partial charge in [0.15, 0.2) is 0 Å². The Balaban J connectivity index is -0.00000113. The Morgan fingerprint density at radius 3 is 1.71 bits per heavy atom. The molecule has 0 radical (unpaired) electrons. The molecule has 0 bridgehead atoms. The van der Waals surface area contributed by atoms with E-state index in [9.17, 15) is 22.8 Å². The molecule has 28 heavy (non-hydrogen) atoms. The van der Waals surface area contributed by atoms with Crippen LogP contribution in [0.15, 0.2) is 24.3 Å². The fourth-order valence-electron chi connectivity index (χ4n) is 1.59. The standard InChI is InChI=1S/C17H26O9S.Mg.2H/c1-7-17(9-25-14(18)11(2)3,10-26-15(19)12(4)5)16(20)24-8-13(6)27(21,22)23;;;/h13H,2,4,7-10H2,1,3,5-6H3,(H,21,22,23);;;/q;+2;2*-1. The maximum Gasteiger partial charge on any atom is 2.00 e. The summed E-state index contributed by atoms with van der Waals surface area (Å²) in [5.74, 6) is -2.44. The molecule has 0 heterocycles. The summed E-state index contributed by atoms with van der Waals surface area (Å²) in [6.07, 6.45) is 0.0546. The van der Waals surface area contributed by atoms with E-state index in [1.807, 2.05) is 0 Å². The molecule has 9 nitrogen and oxygen atoms in total. The Morgan fingerprint density at radius 2 is 1.43 bits per heavy atom. The van der Waals surface area contributed by atoms with E-state index < -0.39 is 58.5 Å². The molecular formula is C17H28MgO9S. The summed E-state index contributed by atoms with van der Waals surface area (Å²) in [5, 5.41) is -1.35. The molecular weight excluding hydrogens is 405 g/mol. The van der Waals surface area contributed by atoms with Gasteiger partial charge in [0.2, 0.25) is 0 Å². The van der Waals surface area contributed by atoms with Crippen LogP contribution in [-0.4, -0.2) is 79.0 Å². The number of carbonyl (C=O) groups excluding carboxylic acids is 3. The minimum atomic E-state index is -4.40. The van der Waals surface area contributed by atoms with Crippen molar-refractivity contribution < 1.29 is 44.4 Å². The molecule has 0 fully saturated rings. The van der Waals surface area contributed by atoms with Gasteiger partial charge in [-0.15, -0.1) is 0 Å². The molecule has 1 N–H and O–H groups in total. The molecule has 0 aromatic heterocycles. The number of hydrogen-bond acceptors (Lipinski definition) is 8. The maximum absolute atomic E-state index is 12.6. The van der Waals surface area contributed by atoms with Gasteiger partial charge in [0.25, 0.3) is 10.1 Å². The first-order chi connectivity index (χ1) is 12.3. The molecule has 0 aliphatic rings. The van der Waals surface area contributed by atoms with Crippen LogP contribution < -0.4 is 0 Å². The molecule has 0 aromatic carbocycles. The number of carbonyl (C=O) groups is 3. The fourth-order valence-corrected chi connectivity index (χ4v) is 1.83. The third kappa shape index (κ3) is 9.17. The SMILES string of the molecule is C=C(C)C(=O)OCC(CC)(COC(=O)C(=C)C)C(=O)OCC(C)S(=O)(=O)O.[H-].[H-].[Mg+2]. The Bertz CT molecular complexity index is 693. The van der Waals surface area contributed by atoms with Crippen molar-refractivity contribution in [1.82, 2.24) is 0 Å². The molecule has 158 valence electrons. The fraction of sp³-hybridized carbons (Fsp3) is 0.588. The van der Waals surface area contributed by atoms with E-state index in [4.69, 9.17) is 18.8 Å². The second-order valence-corrected chi connectivity index (χ2v) is 8.11. The average Bonchev–Trinajstić information content (AvgIpc) is 2.58. The van der Waals surface area contributed by atoms with Crippen molar-refractivity contribution in [1.29, 1.82) is 0 Å². The van der Waals surface area contributed by atoms with Crippen molar-refractivity contribution in [3.05, 3.63) is 24.3 Å². The molecule has 1 atom stereocenters.